The molecule has 0 aliphatic carbocycles. The molecule has 0 unspecified atom stereocenters. The summed E-state index contributed by atoms with van der Waals surface area (Å²) in [5, 5.41) is 0. The summed E-state index contributed by atoms with van der Waals surface area (Å²) >= 11 is 0. The molecule has 0 heterocycles. The number of hydrogen-bond donors (Lipinski definition) is 0. The second-order valence-electron chi connectivity index (χ2n) is 4.69. The van der Waals surface area contributed by atoms with E-state index in [0.717, 1.165) is 0 Å². The molecule has 0 bridgehead atoms. The van der Waals surface area contributed by atoms with Gasteiger partial charge in [0.05, 0.1) is 0 Å². The SMILES string of the molecule is CN(C)c1ccc(C(C)(C)C)cc1.Cl. The Hall–Kier alpha value is -0.690. The summed E-state index contributed by atoms with van der Waals surface area (Å²) in [5.74, 6) is 0. The molecule has 0 aromatic heterocycles. The summed E-state index contributed by atoms with van der Waals surface area (Å²) in [4.78, 5) is 2.12. The van der Waals surface area contributed by atoms with Gasteiger partial charge in [0.25, 0.3) is 0 Å². The van der Waals surface area contributed by atoms with Crippen LogP contribution in [0.1, 0.15) is 26.3 Å². The van der Waals surface area contributed by atoms with Gasteiger partial charge in [-0.3, -0.25) is 0 Å². The molecule has 1 rings (SSSR count). The first kappa shape index (κ1) is 13.3. The van der Waals surface area contributed by atoms with Crippen LogP contribution in [0.25, 0.3) is 0 Å². The van der Waals surface area contributed by atoms with Gasteiger partial charge in [-0.2, -0.15) is 0 Å². The largest absolute Gasteiger partial charge is 0.378 e. The summed E-state index contributed by atoms with van der Waals surface area (Å²) < 4.78 is 0. The van der Waals surface area contributed by atoms with Gasteiger partial charge in [-0.15, -0.1) is 12.4 Å². The Morgan fingerprint density at radius 2 is 1.36 bits per heavy atom. The van der Waals surface area contributed by atoms with Gasteiger partial charge in [-0.25, -0.2) is 0 Å². The van der Waals surface area contributed by atoms with Crippen LogP contribution >= 0.6 is 12.4 Å². The van der Waals surface area contributed by atoms with Gasteiger partial charge < -0.3 is 4.90 Å². The minimum atomic E-state index is 0. The molecule has 0 N–H and O–H groups in total. The lowest BCUT2D eigenvalue weighted by molar-refractivity contribution is 0.590. The van der Waals surface area contributed by atoms with Crippen molar-refractivity contribution in [1.82, 2.24) is 0 Å². The Morgan fingerprint density at radius 3 is 1.64 bits per heavy atom. The van der Waals surface area contributed by atoms with Crippen LogP contribution in [-0.4, -0.2) is 14.1 Å². The van der Waals surface area contributed by atoms with Gasteiger partial charge in [-0.1, -0.05) is 32.9 Å². The zero-order valence-electron chi connectivity index (χ0n) is 9.66. The smallest absolute Gasteiger partial charge is 0.0361 e. The van der Waals surface area contributed by atoms with E-state index in [4.69, 9.17) is 0 Å². The quantitative estimate of drug-likeness (QED) is 0.691. The molecule has 0 amide bonds. The van der Waals surface area contributed by atoms with Crippen molar-refractivity contribution in [2.45, 2.75) is 26.2 Å². The maximum absolute atomic E-state index is 2.23. The summed E-state index contributed by atoms with van der Waals surface area (Å²) in [7, 11) is 4.12. The molecule has 1 nitrogen and oxygen atoms in total. The zero-order chi connectivity index (χ0) is 10.1. The van der Waals surface area contributed by atoms with Crippen LogP contribution in [0.2, 0.25) is 0 Å². The second-order valence-corrected chi connectivity index (χ2v) is 4.69. The lowest BCUT2D eigenvalue weighted by Gasteiger charge is -2.20. The van der Waals surface area contributed by atoms with Crippen LogP contribution in [-0.2, 0) is 5.41 Å². The lowest BCUT2D eigenvalue weighted by Crippen LogP contribution is -2.12. The molecular formula is C12H20ClN. The van der Waals surface area contributed by atoms with Crippen molar-refractivity contribution < 1.29 is 0 Å². The van der Waals surface area contributed by atoms with Crippen molar-refractivity contribution in [1.29, 1.82) is 0 Å². The highest BCUT2D eigenvalue weighted by molar-refractivity contribution is 5.85. The first-order valence-electron chi connectivity index (χ1n) is 4.69. The summed E-state index contributed by atoms with van der Waals surface area (Å²) in [6, 6.07) is 8.74. The molecule has 0 saturated heterocycles. The van der Waals surface area contributed by atoms with Crippen LogP contribution < -0.4 is 4.90 Å². The third-order valence-corrected chi connectivity index (χ3v) is 2.25. The predicted octanol–water partition coefficient (Wildman–Crippen LogP) is 3.47. The Labute approximate surface area is 93.5 Å². The number of nitrogens with zero attached hydrogens (tertiary/aromatic N) is 1. The highest BCUT2D eigenvalue weighted by Gasteiger charge is 2.12. The summed E-state index contributed by atoms with van der Waals surface area (Å²) in [5.41, 5.74) is 2.90. The molecule has 80 valence electrons. The first-order valence-corrected chi connectivity index (χ1v) is 4.69. The highest BCUT2D eigenvalue weighted by atomic mass is 35.5. The molecular weight excluding hydrogens is 194 g/mol. The molecule has 1 aromatic carbocycles. The molecule has 0 saturated carbocycles. The number of halogens is 1. The molecule has 0 atom stereocenters. The van der Waals surface area contributed by atoms with Gasteiger partial charge in [0.2, 0.25) is 0 Å². The highest BCUT2D eigenvalue weighted by Crippen LogP contribution is 2.23. The summed E-state index contributed by atoms with van der Waals surface area (Å²) in [6.45, 7) is 6.70. The van der Waals surface area contributed by atoms with Crippen LogP contribution in [0, 0.1) is 0 Å². The van der Waals surface area contributed by atoms with E-state index >= 15 is 0 Å². The van der Waals surface area contributed by atoms with E-state index in [1.807, 2.05) is 0 Å². The Bertz CT molecular complexity index is 269. The minimum Gasteiger partial charge on any atom is -0.378 e. The average Bonchev–Trinajstić information content (AvgIpc) is 2.03. The predicted molar refractivity (Wildman–Crippen MR) is 66.7 cm³/mol. The van der Waals surface area contributed by atoms with Gasteiger partial charge >= 0.3 is 0 Å². The Balaban J connectivity index is 0.00000169. The monoisotopic (exact) mass is 213 g/mol. The van der Waals surface area contributed by atoms with Crippen LogP contribution in [0.15, 0.2) is 24.3 Å². The topological polar surface area (TPSA) is 3.24 Å². The maximum atomic E-state index is 2.23. The van der Waals surface area contributed by atoms with Crippen molar-refractivity contribution in [2.24, 2.45) is 0 Å². The van der Waals surface area contributed by atoms with Gasteiger partial charge in [0.1, 0.15) is 0 Å². The first-order chi connectivity index (χ1) is 5.91. The van der Waals surface area contributed by atoms with Crippen molar-refractivity contribution in [2.75, 3.05) is 19.0 Å². The molecule has 2 heteroatoms. The third kappa shape index (κ3) is 3.22. The zero-order valence-corrected chi connectivity index (χ0v) is 10.5. The van der Waals surface area contributed by atoms with Crippen molar-refractivity contribution in [3.8, 4) is 0 Å². The number of anilines is 1. The van der Waals surface area contributed by atoms with Crippen molar-refractivity contribution in [3.05, 3.63) is 29.8 Å². The Morgan fingerprint density at radius 1 is 0.929 bits per heavy atom. The fourth-order valence-corrected chi connectivity index (χ4v) is 1.26. The van der Waals surface area contributed by atoms with Crippen LogP contribution in [0.3, 0.4) is 0 Å². The van der Waals surface area contributed by atoms with E-state index in [2.05, 4.69) is 64.0 Å². The minimum absolute atomic E-state index is 0. The van der Waals surface area contributed by atoms with Gasteiger partial charge in [0.15, 0.2) is 0 Å². The molecule has 0 spiro atoms. The van der Waals surface area contributed by atoms with E-state index in [0.29, 0.717) is 0 Å². The van der Waals surface area contributed by atoms with E-state index in [9.17, 15) is 0 Å². The Kier molecular flexibility index (Phi) is 4.47. The fraction of sp³-hybridized carbons (Fsp3) is 0.500. The molecule has 0 aliphatic heterocycles. The van der Waals surface area contributed by atoms with E-state index in [1.54, 1.807) is 0 Å². The van der Waals surface area contributed by atoms with E-state index < -0.39 is 0 Å². The average molecular weight is 214 g/mol. The molecule has 1 aromatic rings. The molecule has 0 aliphatic rings. The molecule has 0 fully saturated rings. The maximum Gasteiger partial charge on any atom is 0.0361 e. The van der Waals surface area contributed by atoms with E-state index in [1.165, 1.54) is 11.3 Å². The molecule has 14 heavy (non-hydrogen) atoms. The van der Waals surface area contributed by atoms with Crippen molar-refractivity contribution >= 4 is 18.1 Å². The number of hydrogen-bond acceptors (Lipinski definition) is 1. The summed E-state index contributed by atoms with van der Waals surface area (Å²) in [6.07, 6.45) is 0. The molecule has 0 radical (unpaired) electrons. The van der Waals surface area contributed by atoms with Crippen molar-refractivity contribution in [3.63, 3.8) is 0 Å². The third-order valence-electron chi connectivity index (χ3n) is 2.25. The van der Waals surface area contributed by atoms with Crippen LogP contribution in [0.5, 0.6) is 0 Å². The second kappa shape index (κ2) is 4.70. The lowest BCUT2D eigenvalue weighted by atomic mass is 9.87. The van der Waals surface area contributed by atoms with E-state index in [-0.39, 0.29) is 17.8 Å². The normalized spacial score (nSPS) is 10.6. The van der Waals surface area contributed by atoms with Gasteiger partial charge in [0, 0.05) is 19.8 Å². The van der Waals surface area contributed by atoms with Crippen LogP contribution in [0.4, 0.5) is 5.69 Å². The number of benzene rings is 1. The standard InChI is InChI=1S/C12H19N.ClH/c1-12(2,3)10-6-8-11(9-7-10)13(4)5;/h6-9H,1-5H3;1H. The van der Waals surface area contributed by atoms with Gasteiger partial charge in [-0.05, 0) is 23.1 Å². The number of rotatable bonds is 1. The fourth-order valence-electron chi connectivity index (χ4n) is 1.26.